The Morgan fingerprint density at radius 1 is 1.47 bits per heavy atom. The molecule has 2 rings (SSSR count). The minimum atomic E-state index is -2.66. The summed E-state index contributed by atoms with van der Waals surface area (Å²) in [6.45, 7) is 3.04. The Morgan fingerprint density at radius 3 is 2.80 bits per heavy atom. The van der Waals surface area contributed by atoms with Gasteiger partial charge < -0.3 is 5.32 Å². The van der Waals surface area contributed by atoms with Crippen molar-refractivity contribution in [1.29, 1.82) is 0 Å². The zero-order chi connectivity index (χ0) is 11.1. The monoisotopic (exact) mass is 211 g/mol. The molecule has 15 heavy (non-hydrogen) atoms. The average molecular weight is 211 g/mol. The van der Waals surface area contributed by atoms with E-state index in [4.69, 9.17) is 0 Å². The molecule has 1 aromatic carbocycles. The summed E-state index contributed by atoms with van der Waals surface area (Å²) >= 11 is 0. The van der Waals surface area contributed by atoms with Gasteiger partial charge in [-0.3, -0.25) is 0 Å². The van der Waals surface area contributed by atoms with Crippen LogP contribution in [0, 0.1) is 0 Å². The lowest BCUT2D eigenvalue weighted by molar-refractivity contribution is 0.00371. The van der Waals surface area contributed by atoms with Crippen LogP contribution in [0.3, 0.4) is 0 Å². The van der Waals surface area contributed by atoms with Gasteiger partial charge in [-0.25, -0.2) is 8.78 Å². The van der Waals surface area contributed by atoms with Crippen molar-refractivity contribution in [3.8, 4) is 0 Å². The van der Waals surface area contributed by atoms with Crippen LogP contribution in [0.5, 0.6) is 0 Å². The number of benzene rings is 1. The van der Waals surface area contributed by atoms with Crippen molar-refractivity contribution < 1.29 is 8.78 Å². The van der Waals surface area contributed by atoms with Crippen LogP contribution in [0.2, 0.25) is 0 Å². The van der Waals surface area contributed by atoms with Gasteiger partial charge in [0.15, 0.2) is 0 Å². The smallest absolute Gasteiger partial charge is 0.265 e. The van der Waals surface area contributed by atoms with Crippen LogP contribution in [0.15, 0.2) is 18.2 Å². The number of hydrogen-bond acceptors (Lipinski definition) is 1. The van der Waals surface area contributed by atoms with Crippen molar-refractivity contribution in [1.82, 2.24) is 0 Å². The van der Waals surface area contributed by atoms with E-state index in [2.05, 4.69) is 12.2 Å². The fraction of sp³-hybridized carbons (Fsp3) is 0.500. The van der Waals surface area contributed by atoms with E-state index in [1.807, 2.05) is 18.2 Å². The summed E-state index contributed by atoms with van der Waals surface area (Å²) in [7, 11) is 0. The summed E-state index contributed by atoms with van der Waals surface area (Å²) < 4.78 is 26.2. The predicted molar refractivity (Wildman–Crippen MR) is 57.6 cm³/mol. The second-order valence-corrected chi connectivity index (χ2v) is 4.20. The summed E-state index contributed by atoms with van der Waals surface area (Å²) in [4.78, 5) is 0. The van der Waals surface area contributed by atoms with Crippen molar-refractivity contribution in [2.45, 2.75) is 38.7 Å². The van der Waals surface area contributed by atoms with Crippen LogP contribution in [0.1, 0.15) is 25.0 Å². The lowest BCUT2D eigenvalue weighted by Gasteiger charge is -2.18. The van der Waals surface area contributed by atoms with E-state index in [-0.39, 0.29) is 0 Å². The largest absolute Gasteiger partial charge is 0.376 e. The Bertz CT molecular complexity index is 368. The van der Waals surface area contributed by atoms with Gasteiger partial charge in [-0.1, -0.05) is 19.1 Å². The number of rotatable bonds is 2. The third-order valence-corrected chi connectivity index (χ3v) is 2.94. The van der Waals surface area contributed by atoms with Crippen LogP contribution in [-0.2, 0) is 12.8 Å². The van der Waals surface area contributed by atoms with Gasteiger partial charge in [0.1, 0.15) is 0 Å². The highest BCUT2D eigenvalue weighted by molar-refractivity contribution is 5.58. The van der Waals surface area contributed by atoms with Crippen molar-refractivity contribution in [3.63, 3.8) is 0 Å². The van der Waals surface area contributed by atoms with E-state index in [1.165, 1.54) is 5.56 Å². The molecular formula is C12H15F2N. The van der Waals surface area contributed by atoms with Gasteiger partial charge in [0.05, 0.1) is 6.04 Å². The Hall–Kier alpha value is -1.12. The first kappa shape index (κ1) is 10.4. The van der Waals surface area contributed by atoms with Gasteiger partial charge in [-0.05, 0) is 23.6 Å². The van der Waals surface area contributed by atoms with E-state index >= 15 is 0 Å². The minimum absolute atomic E-state index is 0.423. The zero-order valence-corrected chi connectivity index (χ0v) is 8.98. The molecule has 1 aromatic rings. The highest BCUT2D eigenvalue weighted by atomic mass is 19.3. The molecule has 1 nitrogen and oxygen atoms in total. The molecule has 1 N–H and O–H groups in total. The van der Waals surface area contributed by atoms with Gasteiger partial charge in [0, 0.05) is 19.0 Å². The number of fused-ring (bicyclic) bond motifs is 1. The summed E-state index contributed by atoms with van der Waals surface area (Å²) in [6, 6.07) is 5.16. The predicted octanol–water partition coefficient (Wildman–Crippen LogP) is 3.24. The maximum atomic E-state index is 13.1. The molecule has 1 unspecified atom stereocenters. The van der Waals surface area contributed by atoms with Crippen molar-refractivity contribution in [2.75, 3.05) is 5.32 Å². The van der Waals surface area contributed by atoms with Crippen LogP contribution < -0.4 is 5.32 Å². The normalized spacial score (nSPS) is 19.9. The number of nitrogens with one attached hydrogen (secondary N) is 1. The molecule has 1 aliphatic heterocycles. The van der Waals surface area contributed by atoms with Crippen molar-refractivity contribution in [2.24, 2.45) is 0 Å². The van der Waals surface area contributed by atoms with E-state index in [0.717, 1.165) is 24.6 Å². The molecule has 0 saturated carbocycles. The standard InChI is InChI=1S/C12H15F2N/c1-3-8-4-5-10-9(6-8)7-11(15-10)12(2,13)14/h4-6,11,15H,3,7H2,1-2H3. The van der Waals surface area contributed by atoms with Gasteiger partial charge in [-0.15, -0.1) is 0 Å². The molecule has 1 atom stereocenters. The molecule has 0 saturated heterocycles. The Labute approximate surface area is 88.5 Å². The van der Waals surface area contributed by atoms with E-state index in [1.54, 1.807) is 0 Å². The minimum Gasteiger partial charge on any atom is -0.376 e. The lowest BCUT2D eigenvalue weighted by Crippen LogP contribution is -2.35. The number of aryl methyl sites for hydroxylation is 1. The second-order valence-electron chi connectivity index (χ2n) is 4.20. The Morgan fingerprint density at radius 2 is 2.20 bits per heavy atom. The van der Waals surface area contributed by atoms with Crippen LogP contribution in [0.4, 0.5) is 14.5 Å². The second kappa shape index (κ2) is 3.47. The maximum absolute atomic E-state index is 13.1. The molecule has 0 aliphatic carbocycles. The van der Waals surface area contributed by atoms with E-state index in [9.17, 15) is 8.78 Å². The number of alkyl halides is 2. The third-order valence-electron chi connectivity index (χ3n) is 2.94. The van der Waals surface area contributed by atoms with Crippen LogP contribution in [0.25, 0.3) is 0 Å². The summed E-state index contributed by atoms with van der Waals surface area (Å²) in [5.41, 5.74) is 3.08. The molecule has 0 radical (unpaired) electrons. The fourth-order valence-corrected chi connectivity index (χ4v) is 1.94. The average Bonchev–Trinajstić information content (AvgIpc) is 2.59. The summed E-state index contributed by atoms with van der Waals surface area (Å²) in [5, 5.41) is 2.88. The first-order valence-electron chi connectivity index (χ1n) is 5.27. The van der Waals surface area contributed by atoms with Crippen molar-refractivity contribution >= 4 is 5.69 Å². The molecule has 3 heteroatoms. The molecular weight excluding hydrogens is 196 g/mol. The molecule has 0 bridgehead atoms. The molecule has 0 amide bonds. The van der Waals surface area contributed by atoms with Gasteiger partial charge in [-0.2, -0.15) is 0 Å². The lowest BCUT2D eigenvalue weighted by atomic mass is 10.0. The molecule has 0 spiro atoms. The quantitative estimate of drug-likeness (QED) is 0.791. The van der Waals surface area contributed by atoms with Crippen LogP contribution in [-0.4, -0.2) is 12.0 Å². The third kappa shape index (κ3) is 1.96. The van der Waals surface area contributed by atoms with E-state index < -0.39 is 12.0 Å². The van der Waals surface area contributed by atoms with E-state index in [0.29, 0.717) is 6.42 Å². The summed E-state index contributed by atoms with van der Waals surface area (Å²) in [6.07, 6.45) is 1.37. The first-order chi connectivity index (χ1) is 7.00. The number of hydrogen-bond donors (Lipinski definition) is 1. The molecule has 0 aromatic heterocycles. The highest BCUT2D eigenvalue weighted by Crippen LogP contribution is 2.33. The van der Waals surface area contributed by atoms with Crippen molar-refractivity contribution in [3.05, 3.63) is 29.3 Å². The van der Waals surface area contributed by atoms with Gasteiger partial charge >= 0.3 is 0 Å². The molecule has 82 valence electrons. The molecule has 1 heterocycles. The topological polar surface area (TPSA) is 12.0 Å². The van der Waals surface area contributed by atoms with Gasteiger partial charge in [0.2, 0.25) is 0 Å². The zero-order valence-electron chi connectivity index (χ0n) is 8.98. The molecule has 0 fully saturated rings. The SMILES string of the molecule is CCc1ccc2c(c1)CC(C(C)(F)F)N2. The Balaban J connectivity index is 2.24. The summed E-state index contributed by atoms with van der Waals surface area (Å²) in [5.74, 6) is -2.66. The fourth-order valence-electron chi connectivity index (χ4n) is 1.94. The number of halogens is 2. The Kier molecular flexibility index (Phi) is 2.41. The number of anilines is 1. The maximum Gasteiger partial charge on any atom is 0.265 e. The first-order valence-corrected chi connectivity index (χ1v) is 5.27. The molecule has 1 aliphatic rings. The van der Waals surface area contributed by atoms with Gasteiger partial charge in [0.25, 0.3) is 5.92 Å². The van der Waals surface area contributed by atoms with Crippen LogP contribution >= 0.6 is 0 Å². The highest BCUT2D eigenvalue weighted by Gasteiger charge is 2.38.